The standard InChI is InChI=1S/C27H25N3O2/c1-2-16-28-23(31)17-30-26(19-12-6-7-13-20(19)27(30)32)24-21-14-8-9-15-22(21)29-25(24)18-10-4-3-5-11-18/h3-15,26,29H,2,16-17H2,1H3,(H,28,31). The monoisotopic (exact) mass is 423 g/mol. The van der Waals surface area contributed by atoms with Crippen LogP contribution in [-0.2, 0) is 4.79 Å². The van der Waals surface area contributed by atoms with Crippen molar-refractivity contribution in [3.63, 3.8) is 0 Å². The van der Waals surface area contributed by atoms with E-state index in [-0.39, 0.29) is 24.4 Å². The Morgan fingerprint density at radius 2 is 1.69 bits per heavy atom. The molecule has 0 saturated carbocycles. The predicted octanol–water partition coefficient (Wildman–Crippen LogP) is 4.91. The molecule has 5 nitrogen and oxygen atoms in total. The summed E-state index contributed by atoms with van der Waals surface area (Å²) in [4.78, 5) is 31.4. The van der Waals surface area contributed by atoms with Gasteiger partial charge in [-0.2, -0.15) is 0 Å². The van der Waals surface area contributed by atoms with Crippen molar-refractivity contribution in [1.82, 2.24) is 15.2 Å². The molecule has 1 aliphatic heterocycles. The molecule has 1 aromatic heterocycles. The SMILES string of the molecule is CCCNC(=O)CN1C(=O)c2ccccc2C1c1c(-c2ccccc2)[nH]c2ccccc12. The molecular formula is C27H25N3O2. The lowest BCUT2D eigenvalue weighted by molar-refractivity contribution is -0.122. The highest BCUT2D eigenvalue weighted by Crippen LogP contribution is 2.45. The van der Waals surface area contributed by atoms with Crippen molar-refractivity contribution in [2.45, 2.75) is 19.4 Å². The molecule has 1 aliphatic rings. The third-order valence-corrected chi connectivity index (χ3v) is 6.03. The molecule has 5 heteroatoms. The molecule has 2 N–H and O–H groups in total. The van der Waals surface area contributed by atoms with Crippen molar-refractivity contribution in [2.24, 2.45) is 0 Å². The molecule has 4 aromatic rings. The second-order valence-corrected chi connectivity index (χ2v) is 8.10. The maximum absolute atomic E-state index is 13.4. The Morgan fingerprint density at radius 3 is 2.50 bits per heavy atom. The van der Waals surface area contributed by atoms with Crippen LogP contribution in [-0.4, -0.2) is 34.8 Å². The molecule has 0 fully saturated rings. The molecule has 1 unspecified atom stereocenters. The fraction of sp³-hybridized carbons (Fsp3) is 0.185. The summed E-state index contributed by atoms with van der Waals surface area (Å²) in [6.07, 6.45) is 0.851. The van der Waals surface area contributed by atoms with Crippen LogP contribution in [0.5, 0.6) is 0 Å². The number of amides is 2. The first kappa shape index (κ1) is 20.1. The van der Waals surface area contributed by atoms with E-state index in [9.17, 15) is 9.59 Å². The van der Waals surface area contributed by atoms with Gasteiger partial charge >= 0.3 is 0 Å². The van der Waals surface area contributed by atoms with E-state index in [1.807, 2.05) is 67.6 Å². The Bertz CT molecular complexity index is 1290. The van der Waals surface area contributed by atoms with Gasteiger partial charge in [0.05, 0.1) is 11.7 Å². The van der Waals surface area contributed by atoms with E-state index in [1.54, 1.807) is 4.90 Å². The number of para-hydroxylation sites is 1. The van der Waals surface area contributed by atoms with Crippen LogP contribution in [0, 0.1) is 0 Å². The molecule has 5 rings (SSSR count). The number of benzene rings is 3. The summed E-state index contributed by atoms with van der Waals surface area (Å²) >= 11 is 0. The van der Waals surface area contributed by atoms with Crippen molar-refractivity contribution in [3.05, 3.63) is 95.6 Å². The average molecular weight is 424 g/mol. The zero-order valence-electron chi connectivity index (χ0n) is 18.0. The Kier molecular flexibility index (Phi) is 5.23. The highest BCUT2D eigenvalue weighted by atomic mass is 16.2. The molecule has 0 spiro atoms. The molecule has 3 aromatic carbocycles. The minimum Gasteiger partial charge on any atom is -0.355 e. The van der Waals surface area contributed by atoms with E-state index in [1.165, 1.54) is 0 Å². The number of nitrogens with one attached hydrogen (secondary N) is 2. The molecule has 0 aliphatic carbocycles. The van der Waals surface area contributed by atoms with Crippen molar-refractivity contribution in [1.29, 1.82) is 0 Å². The number of aromatic amines is 1. The number of fused-ring (bicyclic) bond motifs is 2. The van der Waals surface area contributed by atoms with E-state index in [4.69, 9.17) is 0 Å². The number of H-pyrrole nitrogens is 1. The van der Waals surface area contributed by atoms with Crippen LogP contribution in [0.2, 0.25) is 0 Å². The first-order valence-corrected chi connectivity index (χ1v) is 11.0. The molecule has 32 heavy (non-hydrogen) atoms. The van der Waals surface area contributed by atoms with E-state index >= 15 is 0 Å². The maximum atomic E-state index is 13.4. The van der Waals surface area contributed by atoms with Gasteiger partial charge in [0.2, 0.25) is 5.91 Å². The third kappa shape index (κ3) is 3.36. The second-order valence-electron chi connectivity index (χ2n) is 8.10. The summed E-state index contributed by atoms with van der Waals surface area (Å²) in [5.41, 5.74) is 5.64. The maximum Gasteiger partial charge on any atom is 0.255 e. The normalized spacial score (nSPS) is 15.2. The molecular weight excluding hydrogens is 398 g/mol. The van der Waals surface area contributed by atoms with E-state index in [2.05, 4.69) is 28.5 Å². The molecule has 2 amide bonds. The number of hydrogen-bond donors (Lipinski definition) is 2. The Labute approximate surface area is 187 Å². The molecule has 0 radical (unpaired) electrons. The van der Waals surface area contributed by atoms with Crippen molar-refractivity contribution >= 4 is 22.7 Å². The van der Waals surface area contributed by atoms with Crippen molar-refractivity contribution in [2.75, 3.05) is 13.1 Å². The molecule has 1 atom stereocenters. The van der Waals surface area contributed by atoms with Crippen molar-refractivity contribution in [3.8, 4) is 11.3 Å². The van der Waals surface area contributed by atoms with Crippen LogP contribution in [0.15, 0.2) is 78.9 Å². The first-order chi connectivity index (χ1) is 15.7. The third-order valence-electron chi connectivity index (χ3n) is 6.03. The lowest BCUT2D eigenvalue weighted by atomic mass is 9.93. The summed E-state index contributed by atoms with van der Waals surface area (Å²) in [6.45, 7) is 2.63. The second kappa shape index (κ2) is 8.35. The van der Waals surface area contributed by atoms with E-state index < -0.39 is 0 Å². The molecule has 160 valence electrons. The van der Waals surface area contributed by atoms with Gasteiger partial charge in [-0.1, -0.05) is 73.7 Å². The summed E-state index contributed by atoms with van der Waals surface area (Å²) in [6, 6.07) is 25.6. The van der Waals surface area contributed by atoms with Crippen LogP contribution in [0.3, 0.4) is 0 Å². The summed E-state index contributed by atoms with van der Waals surface area (Å²) in [5, 5.41) is 3.97. The van der Waals surface area contributed by atoms with Gasteiger partial charge in [-0.3, -0.25) is 9.59 Å². The van der Waals surface area contributed by atoms with Crippen LogP contribution >= 0.6 is 0 Å². The van der Waals surface area contributed by atoms with Crippen LogP contribution in [0.25, 0.3) is 22.2 Å². The van der Waals surface area contributed by atoms with Crippen LogP contribution in [0.1, 0.15) is 40.9 Å². The number of carbonyl (C=O) groups excluding carboxylic acids is 2. The van der Waals surface area contributed by atoms with Gasteiger partial charge in [0, 0.05) is 28.6 Å². The lowest BCUT2D eigenvalue weighted by Crippen LogP contribution is -2.39. The Hall–Kier alpha value is -3.86. The Balaban J connectivity index is 1.71. The molecule has 0 saturated heterocycles. The van der Waals surface area contributed by atoms with Gasteiger partial charge in [0.15, 0.2) is 0 Å². The average Bonchev–Trinajstić information content (AvgIpc) is 3.34. The largest absolute Gasteiger partial charge is 0.355 e. The summed E-state index contributed by atoms with van der Waals surface area (Å²) in [7, 11) is 0. The number of hydrogen-bond acceptors (Lipinski definition) is 2. The smallest absolute Gasteiger partial charge is 0.255 e. The molecule has 0 bridgehead atoms. The first-order valence-electron chi connectivity index (χ1n) is 11.0. The van der Waals surface area contributed by atoms with Gasteiger partial charge in [-0.15, -0.1) is 0 Å². The highest BCUT2D eigenvalue weighted by Gasteiger charge is 2.40. The lowest BCUT2D eigenvalue weighted by Gasteiger charge is -2.26. The van der Waals surface area contributed by atoms with Gasteiger partial charge in [0.1, 0.15) is 6.54 Å². The van der Waals surface area contributed by atoms with Gasteiger partial charge in [-0.25, -0.2) is 0 Å². The minimum absolute atomic E-state index is 0.0198. The fourth-order valence-electron chi connectivity index (χ4n) is 4.60. The van der Waals surface area contributed by atoms with Gasteiger partial charge < -0.3 is 15.2 Å². The number of rotatable bonds is 6. The van der Waals surface area contributed by atoms with Gasteiger partial charge in [0.25, 0.3) is 5.91 Å². The fourth-order valence-corrected chi connectivity index (χ4v) is 4.60. The highest BCUT2D eigenvalue weighted by molar-refractivity contribution is 6.03. The topological polar surface area (TPSA) is 65.2 Å². The minimum atomic E-state index is -0.350. The van der Waals surface area contributed by atoms with Crippen LogP contribution < -0.4 is 5.32 Å². The van der Waals surface area contributed by atoms with Crippen LogP contribution in [0.4, 0.5) is 0 Å². The predicted molar refractivity (Wildman–Crippen MR) is 126 cm³/mol. The zero-order valence-corrected chi connectivity index (χ0v) is 18.0. The number of nitrogens with zero attached hydrogens (tertiary/aromatic N) is 1. The molecule has 2 heterocycles. The quantitative estimate of drug-likeness (QED) is 0.463. The van der Waals surface area contributed by atoms with Crippen molar-refractivity contribution < 1.29 is 9.59 Å². The Morgan fingerprint density at radius 1 is 0.969 bits per heavy atom. The zero-order chi connectivity index (χ0) is 22.1. The summed E-state index contributed by atoms with van der Waals surface area (Å²) in [5.74, 6) is -0.249. The summed E-state index contributed by atoms with van der Waals surface area (Å²) < 4.78 is 0. The number of aromatic nitrogens is 1. The van der Waals surface area contributed by atoms with Gasteiger partial charge in [-0.05, 0) is 29.7 Å². The van der Waals surface area contributed by atoms with E-state index in [0.717, 1.165) is 39.7 Å². The number of carbonyl (C=O) groups is 2. The van der Waals surface area contributed by atoms with E-state index in [0.29, 0.717) is 12.1 Å².